The van der Waals surface area contributed by atoms with Gasteiger partial charge in [0, 0.05) is 12.0 Å². The van der Waals surface area contributed by atoms with E-state index in [9.17, 15) is 4.79 Å². The molecule has 0 bridgehead atoms. The highest BCUT2D eigenvalue weighted by atomic mass is 16.5. The fraction of sp³-hybridized carbons (Fsp3) is 0.500. The predicted octanol–water partition coefficient (Wildman–Crippen LogP) is 2.56. The molecular formula is C14H15NO3. The van der Waals surface area contributed by atoms with E-state index in [4.69, 9.17) is 9.47 Å². The van der Waals surface area contributed by atoms with Gasteiger partial charge >= 0.3 is 0 Å². The van der Waals surface area contributed by atoms with Crippen molar-refractivity contribution >= 4 is 6.08 Å². The molecule has 0 radical (unpaired) electrons. The average molecular weight is 245 g/mol. The maximum atomic E-state index is 10.7. The molecule has 3 rings (SSSR count). The fourth-order valence-electron chi connectivity index (χ4n) is 2.60. The minimum absolute atomic E-state index is 0.430. The number of rotatable bonds is 2. The Bertz CT molecular complexity index is 502. The van der Waals surface area contributed by atoms with E-state index < -0.39 is 5.54 Å². The van der Waals surface area contributed by atoms with E-state index in [0.717, 1.165) is 42.7 Å². The summed E-state index contributed by atoms with van der Waals surface area (Å²) in [6, 6.07) is 5.82. The third-order valence-electron chi connectivity index (χ3n) is 3.71. The maximum absolute atomic E-state index is 10.7. The van der Waals surface area contributed by atoms with Crippen LogP contribution < -0.4 is 9.47 Å². The molecule has 4 heteroatoms. The van der Waals surface area contributed by atoms with Crippen molar-refractivity contribution in [2.75, 3.05) is 13.2 Å². The van der Waals surface area contributed by atoms with Crippen LogP contribution in [-0.2, 0) is 10.3 Å². The summed E-state index contributed by atoms with van der Waals surface area (Å²) in [5, 5.41) is 0. The van der Waals surface area contributed by atoms with Crippen LogP contribution in [0, 0.1) is 0 Å². The van der Waals surface area contributed by atoms with Gasteiger partial charge in [0.05, 0.1) is 13.2 Å². The Hall–Kier alpha value is -1.80. The highest BCUT2D eigenvalue weighted by molar-refractivity contribution is 5.52. The first-order chi connectivity index (χ1) is 8.86. The van der Waals surface area contributed by atoms with Crippen LogP contribution in [0.4, 0.5) is 0 Å². The second kappa shape index (κ2) is 4.46. The minimum Gasteiger partial charge on any atom is -0.490 e. The van der Waals surface area contributed by atoms with Crippen LogP contribution in [0.2, 0.25) is 0 Å². The molecule has 1 aromatic carbocycles. The normalized spacial score (nSPS) is 20.2. The van der Waals surface area contributed by atoms with Gasteiger partial charge in [-0.15, -0.1) is 0 Å². The van der Waals surface area contributed by atoms with Gasteiger partial charge in [0.25, 0.3) is 0 Å². The molecule has 0 N–H and O–H groups in total. The third-order valence-corrected chi connectivity index (χ3v) is 3.71. The molecule has 94 valence electrons. The molecule has 1 aliphatic carbocycles. The highest BCUT2D eigenvalue weighted by Crippen LogP contribution is 2.50. The van der Waals surface area contributed by atoms with E-state index in [1.54, 1.807) is 6.08 Å². The topological polar surface area (TPSA) is 47.9 Å². The molecule has 4 nitrogen and oxygen atoms in total. The molecule has 1 saturated carbocycles. The lowest BCUT2D eigenvalue weighted by Crippen LogP contribution is -2.32. The van der Waals surface area contributed by atoms with E-state index in [-0.39, 0.29) is 0 Å². The Balaban J connectivity index is 2.09. The first-order valence-corrected chi connectivity index (χ1v) is 6.34. The quantitative estimate of drug-likeness (QED) is 0.594. The van der Waals surface area contributed by atoms with Crippen LogP contribution in [0.3, 0.4) is 0 Å². The van der Waals surface area contributed by atoms with Crippen LogP contribution in [0.5, 0.6) is 11.5 Å². The van der Waals surface area contributed by atoms with Gasteiger partial charge < -0.3 is 9.47 Å². The number of carbonyl (C=O) groups excluding carboxylic acids is 1. The summed E-state index contributed by atoms with van der Waals surface area (Å²) in [6.45, 7) is 1.31. The first-order valence-electron chi connectivity index (χ1n) is 6.34. The van der Waals surface area contributed by atoms with Gasteiger partial charge in [-0.25, -0.2) is 4.79 Å². The van der Waals surface area contributed by atoms with E-state index in [1.165, 1.54) is 0 Å². The van der Waals surface area contributed by atoms with Crippen molar-refractivity contribution in [3.63, 3.8) is 0 Å². The molecule has 0 unspecified atom stereocenters. The van der Waals surface area contributed by atoms with Crippen LogP contribution >= 0.6 is 0 Å². The summed E-state index contributed by atoms with van der Waals surface area (Å²) in [6.07, 6.45) is 5.42. The van der Waals surface area contributed by atoms with Crippen molar-refractivity contribution in [2.45, 2.75) is 31.2 Å². The third kappa shape index (κ3) is 1.70. The molecule has 0 aromatic heterocycles. The van der Waals surface area contributed by atoms with E-state index in [1.807, 2.05) is 18.2 Å². The van der Waals surface area contributed by atoms with Gasteiger partial charge in [-0.05, 0) is 25.3 Å². The van der Waals surface area contributed by atoms with Crippen LogP contribution in [0.1, 0.15) is 31.2 Å². The molecule has 0 saturated heterocycles. The zero-order valence-electron chi connectivity index (χ0n) is 10.1. The smallest absolute Gasteiger partial charge is 0.235 e. The highest BCUT2D eigenvalue weighted by Gasteiger charge is 2.42. The number of ether oxygens (including phenoxy) is 2. The Labute approximate surface area is 106 Å². The SMILES string of the molecule is O=C=NC1(c2cccc3c2OCCCO3)CCC1. The number of hydrogen-bond donors (Lipinski definition) is 0. The number of nitrogens with zero attached hydrogens (tertiary/aromatic N) is 1. The summed E-state index contributed by atoms with van der Waals surface area (Å²) in [7, 11) is 0. The molecule has 1 aliphatic heterocycles. The number of hydrogen-bond acceptors (Lipinski definition) is 4. The number of aliphatic imine (C=N–C) groups is 1. The molecular weight excluding hydrogens is 230 g/mol. The van der Waals surface area contributed by atoms with Gasteiger partial charge in [0.2, 0.25) is 6.08 Å². The van der Waals surface area contributed by atoms with Gasteiger partial charge in [0.1, 0.15) is 5.54 Å². The molecule has 18 heavy (non-hydrogen) atoms. The number of isocyanates is 1. The van der Waals surface area contributed by atoms with Crippen molar-refractivity contribution in [2.24, 2.45) is 4.99 Å². The molecule has 0 spiro atoms. The average Bonchev–Trinajstić information content (AvgIpc) is 2.58. The van der Waals surface area contributed by atoms with Gasteiger partial charge in [-0.3, -0.25) is 0 Å². The summed E-state index contributed by atoms with van der Waals surface area (Å²) in [4.78, 5) is 14.7. The monoisotopic (exact) mass is 245 g/mol. The van der Waals surface area contributed by atoms with Gasteiger partial charge in [-0.1, -0.05) is 12.1 Å². The van der Waals surface area contributed by atoms with E-state index >= 15 is 0 Å². The van der Waals surface area contributed by atoms with Gasteiger partial charge in [0.15, 0.2) is 11.5 Å². The summed E-state index contributed by atoms with van der Waals surface area (Å²) in [5.41, 5.74) is 0.539. The molecule has 1 fully saturated rings. The molecule has 1 aromatic rings. The van der Waals surface area contributed by atoms with Crippen LogP contribution in [0.15, 0.2) is 23.2 Å². The Morgan fingerprint density at radius 2 is 2.00 bits per heavy atom. The first kappa shape index (κ1) is 11.3. The Kier molecular flexibility index (Phi) is 2.80. The summed E-state index contributed by atoms with van der Waals surface area (Å²) < 4.78 is 11.5. The molecule has 0 amide bonds. The molecule has 2 aliphatic rings. The van der Waals surface area contributed by atoms with Crippen molar-refractivity contribution in [1.82, 2.24) is 0 Å². The number of fused-ring (bicyclic) bond motifs is 1. The van der Waals surface area contributed by atoms with E-state index in [2.05, 4.69) is 4.99 Å². The number of benzene rings is 1. The van der Waals surface area contributed by atoms with Crippen LogP contribution in [-0.4, -0.2) is 19.3 Å². The standard InChI is InChI=1S/C14H15NO3/c16-10-15-14(6-2-7-14)11-4-1-5-12-13(11)18-9-3-8-17-12/h1,4-5H,2-3,6-9H2. The second-order valence-electron chi connectivity index (χ2n) is 4.77. The zero-order chi connectivity index (χ0) is 12.4. The molecule has 0 atom stereocenters. The lowest BCUT2D eigenvalue weighted by Gasteiger charge is -2.38. The van der Waals surface area contributed by atoms with Crippen molar-refractivity contribution in [3.05, 3.63) is 23.8 Å². The van der Waals surface area contributed by atoms with Crippen molar-refractivity contribution in [1.29, 1.82) is 0 Å². The Morgan fingerprint density at radius 1 is 1.17 bits per heavy atom. The lowest BCUT2D eigenvalue weighted by atomic mass is 9.72. The lowest BCUT2D eigenvalue weighted by molar-refractivity contribution is 0.238. The van der Waals surface area contributed by atoms with E-state index in [0.29, 0.717) is 13.2 Å². The largest absolute Gasteiger partial charge is 0.490 e. The maximum Gasteiger partial charge on any atom is 0.235 e. The molecule has 1 heterocycles. The minimum atomic E-state index is -0.430. The van der Waals surface area contributed by atoms with Crippen molar-refractivity contribution in [3.8, 4) is 11.5 Å². The number of para-hydroxylation sites is 1. The summed E-state index contributed by atoms with van der Waals surface area (Å²) in [5.74, 6) is 1.52. The second-order valence-corrected chi connectivity index (χ2v) is 4.77. The Morgan fingerprint density at radius 3 is 2.72 bits per heavy atom. The van der Waals surface area contributed by atoms with Crippen molar-refractivity contribution < 1.29 is 14.3 Å². The fourth-order valence-corrected chi connectivity index (χ4v) is 2.60. The van der Waals surface area contributed by atoms with Crippen LogP contribution in [0.25, 0.3) is 0 Å². The zero-order valence-corrected chi connectivity index (χ0v) is 10.1. The summed E-state index contributed by atoms with van der Waals surface area (Å²) >= 11 is 0. The van der Waals surface area contributed by atoms with Gasteiger partial charge in [-0.2, -0.15) is 4.99 Å². The predicted molar refractivity (Wildman–Crippen MR) is 65.7 cm³/mol.